The zero-order valence-electron chi connectivity index (χ0n) is 18.9. The Balaban J connectivity index is 1.52. The summed E-state index contributed by atoms with van der Waals surface area (Å²) in [6.07, 6.45) is 7.46. The number of hydrogen-bond donors (Lipinski definition) is 2. The predicted octanol–water partition coefficient (Wildman–Crippen LogP) is 3.93. The zero-order chi connectivity index (χ0) is 23.4. The third-order valence-electron chi connectivity index (χ3n) is 6.10. The van der Waals surface area contributed by atoms with Crippen LogP contribution in [-0.4, -0.2) is 35.1 Å². The summed E-state index contributed by atoms with van der Waals surface area (Å²) >= 11 is 0. The van der Waals surface area contributed by atoms with Crippen LogP contribution < -0.4 is 10.0 Å². The van der Waals surface area contributed by atoms with Gasteiger partial charge in [0.15, 0.2) is 0 Å². The van der Waals surface area contributed by atoms with Gasteiger partial charge >= 0.3 is 0 Å². The van der Waals surface area contributed by atoms with Gasteiger partial charge in [-0.05, 0) is 73.1 Å². The summed E-state index contributed by atoms with van der Waals surface area (Å²) in [5.74, 6) is -0.121. The van der Waals surface area contributed by atoms with E-state index in [1.54, 1.807) is 18.7 Å². The van der Waals surface area contributed by atoms with Crippen molar-refractivity contribution in [1.82, 2.24) is 19.5 Å². The maximum Gasteiger partial charge on any atom is 0.241 e. The Morgan fingerprint density at radius 3 is 2.42 bits per heavy atom. The van der Waals surface area contributed by atoms with E-state index in [0.717, 1.165) is 48.1 Å². The van der Waals surface area contributed by atoms with Crippen molar-refractivity contribution in [2.75, 3.05) is 5.32 Å². The zero-order valence-corrected chi connectivity index (χ0v) is 19.7. The van der Waals surface area contributed by atoms with Crippen molar-refractivity contribution in [3.8, 4) is 11.1 Å². The summed E-state index contributed by atoms with van der Waals surface area (Å²) in [4.78, 5) is 11.6. The first kappa shape index (κ1) is 23.1. The van der Waals surface area contributed by atoms with Crippen molar-refractivity contribution < 1.29 is 13.2 Å². The molecule has 1 amide bonds. The van der Waals surface area contributed by atoms with E-state index in [-0.39, 0.29) is 18.0 Å². The number of rotatable bonds is 7. The molecule has 2 N–H and O–H groups in total. The number of benzene rings is 2. The van der Waals surface area contributed by atoms with E-state index in [9.17, 15) is 13.2 Å². The van der Waals surface area contributed by atoms with E-state index in [1.165, 1.54) is 6.92 Å². The molecule has 4 rings (SSSR count). The van der Waals surface area contributed by atoms with Gasteiger partial charge in [-0.1, -0.05) is 25.1 Å². The molecule has 1 aliphatic carbocycles. The molecule has 9 heteroatoms. The topological polar surface area (TPSA) is 106 Å². The molecule has 1 saturated carbocycles. The number of aromatic nitrogens is 3. The first-order valence-electron chi connectivity index (χ1n) is 11.2. The molecule has 0 bridgehead atoms. The van der Waals surface area contributed by atoms with Gasteiger partial charge in [0.25, 0.3) is 0 Å². The average Bonchev–Trinajstić information content (AvgIpc) is 3.34. The van der Waals surface area contributed by atoms with Crippen LogP contribution in [0.3, 0.4) is 0 Å². The normalized spacial score (nSPS) is 18.7. The van der Waals surface area contributed by atoms with Crippen molar-refractivity contribution in [2.45, 2.75) is 62.9 Å². The lowest BCUT2D eigenvalue weighted by molar-refractivity contribution is -0.114. The molecule has 1 aromatic heterocycles. The van der Waals surface area contributed by atoms with Crippen molar-refractivity contribution in [2.24, 2.45) is 0 Å². The smallest absolute Gasteiger partial charge is 0.241 e. The standard InChI is InChI=1S/C24H29N5O3S/c1-3-18-13-20(19-7-10-21(11-8-19)27-17(2)30)9-12-24(18)33(31,32)28-22-5-4-6-23(14-22)29-15-25-26-16-29/h7-13,15-16,22-23,28H,3-6,14H2,1-2H3,(H,27,30)/t22-,23+/m0/s1. The summed E-state index contributed by atoms with van der Waals surface area (Å²) in [6.45, 7) is 3.43. The lowest BCUT2D eigenvalue weighted by Crippen LogP contribution is -2.39. The second-order valence-electron chi connectivity index (χ2n) is 8.48. The first-order chi connectivity index (χ1) is 15.9. The molecule has 2 aromatic carbocycles. The summed E-state index contributed by atoms with van der Waals surface area (Å²) in [5.41, 5.74) is 3.39. The number of hydrogen-bond acceptors (Lipinski definition) is 5. The maximum atomic E-state index is 13.3. The molecule has 1 heterocycles. The van der Waals surface area contributed by atoms with E-state index in [1.807, 2.05) is 47.9 Å². The largest absolute Gasteiger partial charge is 0.326 e. The molecule has 0 radical (unpaired) electrons. The number of amides is 1. The van der Waals surface area contributed by atoms with E-state index < -0.39 is 10.0 Å². The maximum absolute atomic E-state index is 13.3. The minimum atomic E-state index is -3.65. The molecule has 8 nitrogen and oxygen atoms in total. The highest BCUT2D eigenvalue weighted by Crippen LogP contribution is 2.31. The fourth-order valence-corrected chi connectivity index (χ4v) is 6.04. The van der Waals surface area contributed by atoms with Crippen molar-refractivity contribution in [1.29, 1.82) is 0 Å². The van der Waals surface area contributed by atoms with Gasteiger partial charge in [0.1, 0.15) is 12.7 Å². The van der Waals surface area contributed by atoms with Crippen LogP contribution in [0.15, 0.2) is 60.0 Å². The van der Waals surface area contributed by atoms with Crippen LogP contribution in [0.2, 0.25) is 0 Å². The molecule has 3 aromatic rings. The van der Waals surface area contributed by atoms with E-state index in [2.05, 4.69) is 20.2 Å². The number of carbonyl (C=O) groups excluding carboxylic acids is 1. The van der Waals surface area contributed by atoms with Crippen LogP contribution in [0.25, 0.3) is 11.1 Å². The Morgan fingerprint density at radius 1 is 1.06 bits per heavy atom. The van der Waals surface area contributed by atoms with Gasteiger partial charge in [-0.2, -0.15) is 0 Å². The van der Waals surface area contributed by atoms with Gasteiger partial charge in [0, 0.05) is 24.7 Å². The molecule has 0 saturated heterocycles. The van der Waals surface area contributed by atoms with Crippen LogP contribution in [0, 0.1) is 0 Å². The molecule has 1 aliphatic rings. The second kappa shape index (κ2) is 9.84. The van der Waals surface area contributed by atoms with Gasteiger partial charge in [0.05, 0.1) is 4.90 Å². The molecule has 174 valence electrons. The number of anilines is 1. The van der Waals surface area contributed by atoms with Gasteiger partial charge in [-0.15, -0.1) is 10.2 Å². The number of nitrogens with one attached hydrogen (secondary N) is 2. The van der Waals surface area contributed by atoms with Crippen LogP contribution >= 0.6 is 0 Å². The van der Waals surface area contributed by atoms with Crippen LogP contribution in [0.4, 0.5) is 5.69 Å². The molecule has 2 atom stereocenters. The van der Waals surface area contributed by atoms with E-state index in [0.29, 0.717) is 11.3 Å². The third-order valence-corrected chi connectivity index (χ3v) is 7.72. The summed E-state index contributed by atoms with van der Waals surface area (Å²) in [5, 5.41) is 10.5. The van der Waals surface area contributed by atoms with Crippen molar-refractivity contribution in [3.63, 3.8) is 0 Å². The highest BCUT2D eigenvalue weighted by atomic mass is 32.2. The monoisotopic (exact) mass is 467 g/mol. The van der Waals surface area contributed by atoms with Crippen LogP contribution in [0.1, 0.15) is 51.1 Å². The Labute approximate surface area is 194 Å². The first-order valence-corrected chi connectivity index (χ1v) is 12.7. The average molecular weight is 468 g/mol. The Bertz CT molecular complexity index is 1210. The number of nitrogens with zero attached hydrogens (tertiary/aromatic N) is 3. The Kier molecular flexibility index (Phi) is 6.90. The number of sulfonamides is 1. The lowest BCUT2D eigenvalue weighted by atomic mass is 9.91. The van der Waals surface area contributed by atoms with Crippen LogP contribution in [-0.2, 0) is 21.2 Å². The predicted molar refractivity (Wildman–Crippen MR) is 127 cm³/mol. The van der Waals surface area contributed by atoms with Gasteiger partial charge in [-0.3, -0.25) is 4.79 Å². The SMILES string of the molecule is CCc1cc(-c2ccc(NC(C)=O)cc2)ccc1S(=O)(=O)N[C@H]1CCC[C@@H](n2cnnc2)C1. The number of carbonyl (C=O) groups is 1. The fourth-order valence-electron chi connectivity index (χ4n) is 4.47. The summed E-state index contributed by atoms with van der Waals surface area (Å²) in [7, 11) is -3.65. The molecule has 0 spiro atoms. The van der Waals surface area contributed by atoms with Crippen LogP contribution in [0.5, 0.6) is 0 Å². The van der Waals surface area contributed by atoms with Gasteiger partial charge in [-0.25, -0.2) is 13.1 Å². The molecule has 1 fully saturated rings. The minimum Gasteiger partial charge on any atom is -0.326 e. The summed E-state index contributed by atoms with van der Waals surface area (Å²) < 4.78 is 31.5. The van der Waals surface area contributed by atoms with Gasteiger partial charge < -0.3 is 9.88 Å². The molecular weight excluding hydrogens is 438 g/mol. The second-order valence-corrected chi connectivity index (χ2v) is 10.2. The minimum absolute atomic E-state index is 0.121. The quantitative estimate of drug-likeness (QED) is 0.548. The molecular formula is C24H29N5O3S. The van der Waals surface area contributed by atoms with Crippen molar-refractivity contribution >= 4 is 21.6 Å². The highest BCUT2D eigenvalue weighted by Gasteiger charge is 2.28. The van der Waals surface area contributed by atoms with E-state index >= 15 is 0 Å². The summed E-state index contributed by atoms with van der Waals surface area (Å²) in [6, 6.07) is 13.0. The highest BCUT2D eigenvalue weighted by molar-refractivity contribution is 7.89. The fraction of sp³-hybridized carbons (Fsp3) is 0.375. The molecule has 0 aliphatic heterocycles. The van der Waals surface area contributed by atoms with Crippen molar-refractivity contribution in [3.05, 3.63) is 60.7 Å². The third kappa shape index (κ3) is 5.48. The Morgan fingerprint density at radius 2 is 1.76 bits per heavy atom. The lowest BCUT2D eigenvalue weighted by Gasteiger charge is -2.30. The van der Waals surface area contributed by atoms with Gasteiger partial charge in [0.2, 0.25) is 15.9 Å². The molecule has 0 unspecified atom stereocenters. The number of aryl methyl sites for hydroxylation is 1. The van der Waals surface area contributed by atoms with E-state index in [4.69, 9.17) is 0 Å². The Hall–Kier alpha value is -3.04. The molecule has 33 heavy (non-hydrogen) atoms.